The van der Waals surface area contributed by atoms with Crippen LogP contribution in [-0.2, 0) is 4.79 Å². The van der Waals surface area contributed by atoms with Crippen LogP contribution in [-0.4, -0.2) is 74.6 Å². The molecule has 2 aromatic rings. The molecule has 1 fully saturated rings. The van der Waals surface area contributed by atoms with Crippen LogP contribution in [0.25, 0.3) is 0 Å². The lowest BCUT2D eigenvalue weighted by atomic mass is 10.3. The fourth-order valence-electron chi connectivity index (χ4n) is 2.95. The number of nitrogens with zero attached hydrogens (tertiary/aromatic N) is 2. The summed E-state index contributed by atoms with van der Waals surface area (Å²) in [6, 6.07) is 10.9. The maximum Gasteiger partial charge on any atom is 0.261 e. The molecule has 150 valence electrons. The van der Waals surface area contributed by atoms with E-state index >= 15 is 0 Å². The van der Waals surface area contributed by atoms with Crippen LogP contribution >= 0.6 is 11.3 Å². The van der Waals surface area contributed by atoms with Crippen molar-refractivity contribution in [3.63, 3.8) is 0 Å². The lowest BCUT2D eigenvalue weighted by molar-refractivity contribution is -0.135. The van der Waals surface area contributed by atoms with Crippen LogP contribution in [0, 0.1) is 0 Å². The number of hydrogen-bond donors (Lipinski definition) is 1. The van der Waals surface area contributed by atoms with E-state index in [1.54, 1.807) is 31.4 Å². The Morgan fingerprint density at radius 2 is 1.79 bits per heavy atom. The minimum atomic E-state index is -0.0282. The molecule has 2 amide bonds. The SMILES string of the molecule is COc1ccc(OCC(=O)N2CCN(CCNC(=O)c3cccs3)CC2)cc1. The van der Waals surface area contributed by atoms with E-state index in [4.69, 9.17) is 9.47 Å². The number of benzene rings is 1. The van der Waals surface area contributed by atoms with Gasteiger partial charge in [-0.05, 0) is 35.7 Å². The molecule has 0 atom stereocenters. The van der Waals surface area contributed by atoms with Gasteiger partial charge in [0.2, 0.25) is 0 Å². The Hall–Kier alpha value is -2.58. The van der Waals surface area contributed by atoms with Crippen molar-refractivity contribution in [1.82, 2.24) is 15.1 Å². The Morgan fingerprint density at radius 3 is 2.43 bits per heavy atom. The molecule has 3 rings (SSSR count). The summed E-state index contributed by atoms with van der Waals surface area (Å²) in [6.45, 7) is 4.34. The van der Waals surface area contributed by atoms with E-state index in [2.05, 4.69) is 10.2 Å². The quantitative estimate of drug-likeness (QED) is 0.727. The number of methoxy groups -OCH3 is 1. The van der Waals surface area contributed by atoms with Crippen molar-refractivity contribution in [2.24, 2.45) is 0 Å². The molecule has 1 aliphatic heterocycles. The van der Waals surface area contributed by atoms with Crippen molar-refractivity contribution in [2.45, 2.75) is 0 Å². The lowest BCUT2D eigenvalue weighted by Gasteiger charge is -2.34. The smallest absolute Gasteiger partial charge is 0.261 e. The van der Waals surface area contributed by atoms with Crippen LogP contribution < -0.4 is 14.8 Å². The number of rotatable bonds is 8. The maximum atomic E-state index is 12.3. The summed E-state index contributed by atoms with van der Waals surface area (Å²) in [5.74, 6) is 1.36. The van der Waals surface area contributed by atoms with Gasteiger partial charge in [0.15, 0.2) is 6.61 Å². The summed E-state index contributed by atoms with van der Waals surface area (Å²) in [5.41, 5.74) is 0. The van der Waals surface area contributed by atoms with Crippen molar-refractivity contribution in [1.29, 1.82) is 0 Å². The van der Waals surface area contributed by atoms with E-state index in [-0.39, 0.29) is 18.4 Å². The number of piperazine rings is 1. The topological polar surface area (TPSA) is 71.1 Å². The van der Waals surface area contributed by atoms with E-state index in [9.17, 15) is 9.59 Å². The third-order valence-electron chi connectivity index (χ3n) is 4.61. The van der Waals surface area contributed by atoms with E-state index in [1.807, 2.05) is 22.4 Å². The number of hydrogen-bond acceptors (Lipinski definition) is 6. The van der Waals surface area contributed by atoms with Gasteiger partial charge in [-0.15, -0.1) is 11.3 Å². The van der Waals surface area contributed by atoms with Crippen LogP contribution in [0.5, 0.6) is 11.5 Å². The Labute approximate surface area is 168 Å². The van der Waals surface area contributed by atoms with Crippen molar-refractivity contribution >= 4 is 23.2 Å². The van der Waals surface area contributed by atoms with Gasteiger partial charge in [-0.2, -0.15) is 0 Å². The lowest BCUT2D eigenvalue weighted by Crippen LogP contribution is -2.51. The van der Waals surface area contributed by atoms with Gasteiger partial charge in [-0.3, -0.25) is 14.5 Å². The number of nitrogens with one attached hydrogen (secondary N) is 1. The third kappa shape index (κ3) is 5.71. The van der Waals surface area contributed by atoms with Crippen molar-refractivity contribution in [3.8, 4) is 11.5 Å². The maximum absolute atomic E-state index is 12.3. The molecule has 0 unspecified atom stereocenters. The zero-order valence-corrected chi connectivity index (χ0v) is 16.7. The molecule has 0 aliphatic carbocycles. The highest BCUT2D eigenvalue weighted by Crippen LogP contribution is 2.17. The minimum Gasteiger partial charge on any atom is -0.497 e. The Kier molecular flexibility index (Phi) is 7.27. The molecule has 28 heavy (non-hydrogen) atoms. The monoisotopic (exact) mass is 403 g/mol. The Morgan fingerprint density at radius 1 is 1.07 bits per heavy atom. The van der Waals surface area contributed by atoms with Crippen LogP contribution in [0.4, 0.5) is 0 Å². The first-order valence-electron chi connectivity index (χ1n) is 9.24. The van der Waals surface area contributed by atoms with Gasteiger partial charge in [0.05, 0.1) is 12.0 Å². The molecule has 0 bridgehead atoms. The molecule has 0 saturated carbocycles. The Bertz CT molecular complexity index is 756. The molecule has 7 nitrogen and oxygen atoms in total. The first-order chi connectivity index (χ1) is 13.7. The molecule has 1 aromatic heterocycles. The first kappa shape index (κ1) is 20.2. The predicted octanol–water partition coefficient (Wildman–Crippen LogP) is 1.71. The number of carbonyl (C=O) groups excluding carboxylic acids is 2. The van der Waals surface area contributed by atoms with E-state index in [1.165, 1.54) is 11.3 Å². The molecule has 2 heterocycles. The number of thiophene rings is 1. The van der Waals surface area contributed by atoms with Gasteiger partial charge in [-0.25, -0.2) is 0 Å². The summed E-state index contributed by atoms with van der Waals surface area (Å²) in [6.07, 6.45) is 0. The summed E-state index contributed by atoms with van der Waals surface area (Å²) < 4.78 is 10.7. The predicted molar refractivity (Wildman–Crippen MR) is 108 cm³/mol. The first-order valence-corrected chi connectivity index (χ1v) is 10.1. The van der Waals surface area contributed by atoms with Gasteiger partial charge in [-0.1, -0.05) is 6.07 Å². The van der Waals surface area contributed by atoms with Gasteiger partial charge in [0.1, 0.15) is 11.5 Å². The van der Waals surface area contributed by atoms with E-state index in [0.717, 1.165) is 30.3 Å². The summed E-state index contributed by atoms with van der Waals surface area (Å²) in [4.78, 5) is 29.1. The second-order valence-electron chi connectivity index (χ2n) is 6.42. The van der Waals surface area contributed by atoms with E-state index < -0.39 is 0 Å². The summed E-state index contributed by atoms with van der Waals surface area (Å²) in [5, 5.41) is 4.83. The summed E-state index contributed by atoms with van der Waals surface area (Å²) >= 11 is 1.44. The summed E-state index contributed by atoms with van der Waals surface area (Å²) in [7, 11) is 1.61. The third-order valence-corrected chi connectivity index (χ3v) is 5.47. The van der Waals surface area contributed by atoms with Crippen LogP contribution in [0.15, 0.2) is 41.8 Å². The standard InChI is InChI=1S/C20H25N3O4S/c1-26-16-4-6-17(7-5-16)27-15-19(24)23-12-10-22(11-13-23)9-8-21-20(25)18-3-2-14-28-18/h2-7,14H,8-13,15H2,1H3,(H,21,25). The van der Waals surface area contributed by atoms with E-state index in [0.29, 0.717) is 25.4 Å². The molecule has 1 N–H and O–H groups in total. The van der Waals surface area contributed by atoms with Crippen LogP contribution in [0.1, 0.15) is 9.67 Å². The Balaban J connectivity index is 1.32. The number of carbonyl (C=O) groups is 2. The fourth-order valence-corrected chi connectivity index (χ4v) is 3.59. The molecule has 1 saturated heterocycles. The van der Waals surface area contributed by atoms with Crippen molar-refractivity contribution < 1.29 is 19.1 Å². The highest BCUT2D eigenvalue weighted by Gasteiger charge is 2.21. The fraction of sp³-hybridized carbons (Fsp3) is 0.400. The average Bonchev–Trinajstić information content (AvgIpc) is 3.28. The number of ether oxygens (including phenoxy) is 2. The zero-order chi connectivity index (χ0) is 19.8. The molecule has 8 heteroatoms. The van der Waals surface area contributed by atoms with Gasteiger partial charge >= 0.3 is 0 Å². The zero-order valence-electron chi connectivity index (χ0n) is 15.9. The van der Waals surface area contributed by atoms with Crippen LogP contribution in [0.3, 0.4) is 0 Å². The molecule has 0 radical (unpaired) electrons. The van der Waals surface area contributed by atoms with Crippen LogP contribution in [0.2, 0.25) is 0 Å². The molecule has 1 aliphatic rings. The average molecular weight is 404 g/mol. The second kappa shape index (κ2) is 10.1. The molecule has 0 spiro atoms. The highest BCUT2D eigenvalue weighted by atomic mass is 32.1. The normalized spacial score (nSPS) is 14.5. The second-order valence-corrected chi connectivity index (χ2v) is 7.37. The van der Waals surface area contributed by atoms with Crippen molar-refractivity contribution in [3.05, 3.63) is 46.7 Å². The van der Waals surface area contributed by atoms with Gasteiger partial charge in [0, 0.05) is 39.3 Å². The molecular formula is C20H25N3O4S. The molecule has 1 aromatic carbocycles. The minimum absolute atomic E-state index is 0.0125. The van der Waals surface area contributed by atoms with Crippen molar-refractivity contribution in [2.75, 3.05) is 53.0 Å². The highest BCUT2D eigenvalue weighted by molar-refractivity contribution is 7.12. The number of amides is 2. The molecular weight excluding hydrogens is 378 g/mol. The van der Waals surface area contributed by atoms with Gasteiger partial charge < -0.3 is 19.7 Å². The van der Waals surface area contributed by atoms with Gasteiger partial charge in [0.25, 0.3) is 11.8 Å². The largest absolute Gasteiger partial charge is 0.497 e.